The number of carbonyl (C=O) groups excluding carboxylic acids is 2. The Labute approximate surface area is 185 Å². The van der Waals surface area contributed by atoms with Gasteiger partial charge in [0.05, 0.1) is 18.7 Å². The first-order valence-electron chi connectivity index (χ1n) is 9.34. The fourth-order valence-electron chi connectivity index (χ4n) is 3.33. The van der Waals surface area contributed by atoms with Crippen molar-refractivity contribution in [3.05, 3.63) is 53.5 Å². The number of carbonyl (C=O) groups is 3. The SMILES string of the molecule is C#CCN(C(=O)[C@@H]1CN(C(=O)O)C(=O)N1c1cc(C(F)(F)F)cc(C)n1)c1ccc(F)cc1. The van der Waals surface area contributed by atoms with Crippen LogP contribution in [0.5, 0.6) is 0 Å². The number of urea groups is 1. The van der Waals surface area contributed by atoms with E-state index in [0.717, 1.165) is 23.1 Å². The minimum absolute atomic E-state index is 0.105. The van der Waals surface area contributed by atoms with E-state index in [2.05, 4.69) is 10.9 Å². The van der Waals surface area contributed by atoms with E-state index in [1.54, 1.807) is 0 Å². The molecular formula is C21H16F4N4O4. The lowest BCUT2D eigenvalue weighted by atomic mass is 10.1. The van der Waals surface area contributed by atoms with Gasteiger partial charge in [-0.15, -0.1) is 6.42 Å². The number of nitrogens with zero attached hydrogens (tertiary/aromatic N) is 4. The fourth-order valence-corrected chi connectivity index (χ4v) is 3.33. The van der Waals surface area contributed by atoms with Gasteiger partial charge < -0.3 is 5.11 Å². The van der Waals surface area contributed by atoms with Crippen molar-refractivity contribution < 1.29 is 37.1 Å². The molecule has 1 aliphatic heterocycles. The third kappa shape index (κ3) is 4.72. The maximum Gasteiger partial charge on any atom is 0.416 e. The average Bonchev–Trinajstić information content (AvgIpc) is 3.08. The van der Waals surface area contributed by atoms with E-state index in [9.17, 15) is 37.1 Å². The van der Waals surface area contributed by atoms with Gasteiger partial charge in [-0.25, -0.2) is 23.9 Å². The highest BCUT2D eigenvalue weighted by Gasteiger charge is 2.48. The largest absolute Gasteiger partial charge is 0.465 e. The molecule has 1 aromatic carbocycles. The van der Waals surface area contributed by atoms with Crippen LogP contribution < -0.4 is 9.80 Å². The minimum Gasteiger partial charge on any atom is -0.465 e. The smallest absolute Gasteiger partial charge is 0.416 e. The van der Waals surface area contributed by atoms with Gasteiger partial charge in [0.2, 0.25) is 0 Å². The number of carboxylic acid groups (broad SMARTS) is 1. The summed E-state index contributed by atoms with van der Waals surface area (Å²) in [4.78, 5) is 43.5. The highest BCUT2D eigenvalue weighted by Crippen LogP contribution is 2.34. The van der Waals surface area contributed by atoms with E-state index in [1.807, 2.05) is 0 Å². The van der Waals surface area contributed by atoms with E-state index < -0.39 is 54.0 Å². The molecule has 0 saturated carbocycles. The zero-order valence-corrected chi connectivity index (χ0v) is 17.0. The van der Waals surface area contributed by atoms with Crippen LogP contribution in [-0.4, -0.2) is 52.2 Å². The number of amides is 4. The van der Waals surface area contributed by atoms with E-state index in [0.29, 0.717) is 15.9 Å². The number of aromatic nitrogens is 1. The van der Waals surface area contributed by atoms with Crippen LogP contribution in [0.1, 0.15) is 11.3 Å². The normalized spacial score (nSPS) is 16.0. The molecular weight excluding hydrogens is 448 g/mol. The second-order valence-corrected chi connectivity index (χ2v) is 7.02. The summed E-state index contributed by atoms with van der Waals surface area (Å²) in [6, 6.07) is 3.10. The quantitative estimate of drug-likeness (QED) is 0.552. The molecule has 4 amide bonds. The highest BCUT2D eigenvalue weighted by molar-refractivity contribution is 6.11. The van der Waals surface area contributed by atoms with E-state index in [1.165, 1.54) is 19.1 Å². The number of pyridine rings is 1. The number of imide groups is 1. The Kier molecular flexibility index (Phi) is 6.25. The van der Waals surface area contributed by atoms with Gasteiger partial charge in [0.25, 0.3) is 5.91 Å². The minimum atomic E-state index is -4.78. The van der Waals surface area contributed by atoms with Crippen molar-refractivity contribution in [3.63, 3.8) is 0 Å². The molecule has 1 N–H and O–H groups in total. The second kappa shape index (κ2) is 8.78. The molecule has 0 unspecified atom stereocenters. The van der Waals surface area contributed by atoms with Crippen molar-refractivity contribution >= 4 is 29.5 Å². The van der Waals surface area contributed by atoms with Gasteiger partial charge in [-0.3, -0.25) is 14.6 Å². The topological polar surface area (TPSA) is 94.1 Å². The van der Waals surface area contributed by atoms with Crippen LogP contribution in [0.25, 0.3) is 0 Å². The van der Waals surface area contributed by atoms with E-state index in [4.69, 9.17) is 6.42 Å². The zero-order valence-electron chi connectivity index (χ0n) is 17.0. The standard InChI is InChI=1S/C21H16F4N4O4/c1-3-8-27(15-6-4-14(22)5-7-15)18(30)16-11-28(20(32)33)19(31)29(16)17-10-13(21(23,24)25)9-12(2)26-17/h1,4-7,9-10,16H,8,11H2,2H3,(H,32,33)/t16-/m0/s1. The molecule has 3 rings (SSSR count). The van der Waals surface area contributed by atoms with Crippen LogP contribution in [0.4, 0.5) is 38.7 Å². The molecule has 8 nitrogen and oxygen atoms in total. The maximum absolute atomic E-state index is 13.4. The lowest BCUT2D eigenvalue weighted by Crippen LogP contribution is -2.48. The highest BCUT2D eigenvalue weighted by atomic mass is 19.4. The number of benzene rings is 1. The van der Waals surface area contributed by atoms with E-state index >= 15 is 0 Å². The van der Waals surface area contributed by atoms with Crippen molar-refractivity contribution in [1.82, 2.24) is 9.88 Å². The Balaban J connectivity index is 2.10. The van der Waals surface area contributed by atoms with Gasteiger partial charge in [-0.2, -0.15) is 13.2 Å². The summed E-state index contributed by atoms with van der Waals surface area (Å²) in [5.74, 6) is 0.216. The third-order valence-electron chi connectivity index (χ3n) is 4.79. The van der Waals surface area contributed by atoms with Crippen molar-refractivity contribution in [1.29, 1.82) is 0 Å². The monoisotopic (exact) mass is 464 g/mol. The zero-order chi connectivity index (χ0) is 24.5. The molecule has 2 aromatic rings. The summed E-state index contributed by atoms with van der Waals surface area (Å²) in [5, 5.41) is 9.35. The van der Waals surface area contributed by atoms with Gasteiger partial charge in [0.15, 0.2) is 0 Å². The third-order valence-corrected chi connectivity index (χ3v) is 4.79. The molecule has 33 heavy (non-hydrogen) atoms. The summed E-state index contributed by atoms with van der Waals surface area (Å²) in [6.07, 6.45) is -1.15. The van der Waals surface area contributed by atoms with Crippen LogP contribution >= 0.6 is 0 Å². The number of aryl methyl sites for hydroxylation is 1. The Hall–Kier alpha value is -4.14. The molecule has 2 heterocycles. The number of alkyl halides is 3. The summed E-state index contributed by atoms with van der Waals surface area (Å²) in [5.41, 5.74) is -1.09. The molecule has 0 radical (unpaired) electrons. The molecule has 12 heteroatoms. The number of rotatable bonds is 4. The van der Waals surface area contributed by atoms with Gasteiger partial charge in [0.1, 0.15) is 17.7 Å². The molecule has 1 saturated heterocycles. The molecule has 1 aliphatic rings. The first-order valence-corrected chi connectivity index (χ1v) is 9.34. The number of anilines is 2. The molecule has 1 atom stereocenters. The van der Waals surface area contributed by atoms with Crippen LogP contribution in [0.15, 0.2) is 36.4 Å². The van der Waals surface area contributed by atoms with Crippen molar-refractivity contribution in [2.75, 3.05) is 22.9 Å². The summed E-state index contributed by atoms with van der Waals surface area (Å²) in [7, 11) is 0. The van der Waals surface area contributed by atoms with Gasteiger partial charge >= 0.3 is 18.3 Å². The van der Waals surface area contributed by atoms with E-state index in [-0.39, 0.29) is 17.9 Å². The summed E-state index contributed by atoms with van der Waals surface area (Å²) < 4.78 is 53.3. The van der Waals surface area contributed by atoms with Crippen molar-refractivity contribution in [3.8, 4) is 12.3 Å². The molecule has 0 bridgehead atoms. The Morgan fingerprint density at radius 1 is 1.27 bits per heavy atom. The molecule has 0 aliphatic carbocycles. The number of hydrogen-bond donors (Lipinski definition) is 1. The first kappa shape index (κ1) is 23.5. The molecule has 1 aromatic heterocycles. The van der Waals surface area contributed by atoms with Crippen molar-refractivity contribution in [2.24, 2.45) is 0 Å². The van der Waals surface area contributed by atoms with Gasteiger partial charge in [-0.1, -0.05) is 5.92 Å². The van der Waals surface area contributed by atoms with Crippen molar-refractivity contribution in [2.45, 2.75) is 19.1 Å². The number of halogens is 4. The predicted molar refractivity (Wildman–Crippen MR) is 108 cm³/mol. The molecule has 1 fully saturated rings. The number of hydrogen-bond acceptors (Lipinski definition) is 4. The number of terminal acetylenes is 1. The average molecular weight is 464 g/mol. The second-order valence-electron chi connectivity index (χ2n) is 7.02. The fraction of sp³-hybridized carbons (Fsp3) is 0.238. The van der Waals surface area contributed by atoms with Crippen LogP contribution in [0.3, 0.4) is 0 Å². The Morgan fingerprint density at radius 2 is 1.91 bits per heavy atom. The lowest BCUT2D eigenvalue weighted by molar-refractivity contribution is -0.137. The lowest BCUT2D eigenvalue weighted by Gasteiger charge is -2.28. The Morgan fingerprint density at radius 3 is 2.45 bits per heavy atom. The van der Waals surface area contributed by atoms with Crippen LogP contribution in [0.2, 0.25) is 0 Å². The van der Waals surface area contributed by atoms with Gasteiger partial charge in [-0.05, 0) is 43.3 Å². The predicted octanol–water partition coefficient (Wildman–Crippen LogP) is 3.50. The molecule has 0 spiro atoms. The Bertz CT molecular complexity index is 1140. The van der Waals surface area contributed by atoms with Gasteiger partial charge in [0, 0.05) is 11.4 Å². The first-order chi connectivity index (χ1) is 15.4. The van der Waals surface area contributed by atoms with Crippen LogP contribution in [0, 0.1) is 25.1 Å². The van der Waals surface area contributed by atoms with Crippen LogP contribution in [-0.2, 0) is 11.0 Å². The summed E-state index contributed by atoms with van der Waals surface area (Å²) >= 11 is 0. The summed E-state index contributed by atoms with van der Waals surface area (Å²) in [6.45, 7) is 0.256. The molecule has 172 valence electrons. The maximum atomic E-state index is 13.4.